The minimum absolute atomic E-state index is 0.0810. The Kier molecular flexibility index (Phi) is 8.80. The predicted octanol–water partition coefficient (Wildman–Crippen LogP) is 2.77. The molecule has 0 fully saturated rings. The molecule has 0 aromatic carbocycles. The lowest BCUT2D eigenvalue weighted by molar-refractivity contribution is -0.309. The Morgan fingerprint density at radius 3 is 2.41 bits per heavy atom. The second-order valence-corrected chi connectivity index (χ2v) is 11.3. The van der Waals surface area contributed by atoms with Crippen LogP contribution in [0.1, 0.15) is 69.4 Å². The van der Waals surface area contributed by atoms with E-state index >= 15 is 0 Å². The fourth-order valence-electron chi connectivity index (χ4n) is 4.53. The van der Waals surface area contributed by atoms with Gasteiger partial charge in [0.25, 0.3) is 0 Å². The topological polar surface area (TPSA) is 160 Å². The van der Waals surface area contributed by atoms with Crippen molar-refractivity contribution < 1.29 is 51.8 Å². The van der Waals surface area contributed by atoms with Gasteiger partial charge in [-0.3, -0.25) is 14.0 Å². The molecule has 1 aromatic rings. The predicted molar refractivity (Wildman–Crippen MR) is 128 cm³/mol. The number of carbonyl (C=O) groups is 2. The summed E-state index contributed by atoms with van der Waals surface area (Å²) in [5, 5.41) is 20.8. The molecular weight excluding hydrogens is 510 g/mol. The Labute approximate surface area is 215 Å². The number of aromatic hydroxyl groups is 2. The first kappa shape index (κ1) is 28.4. The van der Waals surface area contributed by atoms with Crippen molar-refractivity contribution in [1.82, 2.24) is 4.73 Å². The van der Waals surface area contributed by atoms with Crippen molar-refractivity contribution in [3.05, 3.63) is 36.1 Å². The van der Waals surface area contributed by atoms with Gasteiger partial charge in [0, 0.05) is 23.0 Å². The van der Waals surface area contributed by atoms with Crippen LogP contribution in [0.3, 0.4) is 0 Å². The summed E-state index contributed by atoms with van der Waals surface area (Å²) in [5.74, 6) is -3.50. The number of rotatable bonds is 15. The first-order chi connectivity index (χ1) is 17.4. The number of allylic oxidation sites excluding steroid dienone is 2. The van der Waals surface area contributed by atoms with Gasteiger partial charge in [-0.1, -0.05) is 30.4 Å². The van der Waals surface area contributed by atoms with Gasteiger partial charge in [-0.05, 0) is 39.5 Å². The number of aromatic nitrogens is 1. The summed E-state index contributed by atoms with van der Waals surface area (Å²) in [5.41, 5.74) is -0.118. The molecule has 12 nitrogen and oxygen atoms in total. The Bertz CT molecular complexity index is 1120. The van der Waals surface area contributed by atoms with E-state index in [1.54, 1.807) is 20.8 Å². The maximum Gasteiger partial charge on any atom is 0.348 e. The van der Waals surface area contributed by atoms with Crippen LogP contribution in [-0.2, 0) is 39.0 Å². The second-order valence-electron chi connectivity index (χ2n) is 9.59. The number of hydrogen-bond acceptors (Lipinski definition) is 11. The molecule has 3 atom stereocenters. The van der Waals surface area contributed by atoms with Crippen LogP contribution in [0.2, 0.25) is 0 Å². The SMILES string of the molecule is C=COCOOC(=O)C(C)(C)CC(CC)C(=O)OCCCS(=O)(=O)On1c(O)c2c(c1O)C1C=CC2C1. The molecule has 206 valence electrons. The van der Waals surface area contributed by atoms with Crippen molar-refractivity contribution in [3.63, 3.8) is 0 Å². The van der Waals surface area contributed by atoms with Gasteiger partial charge in [0.15, 0.2) is 0 Å². The summed E-state index contributed by atoms with van der Waals surface area (Å²) in [6.45, 7) is 7.74. The molecule has 0 radical (unpaired) electrons. The number of carbonyl (C=O) groups excluding carboxylic acids is 2. The smallest absolute Gasteiger partial charge is 0.348 e. The van der Waals surface area contributed by atoms with Gasteiger partial charge in [0.05, 0.1) is 30.0 Å². The second kappa shape index (κ2) is 11.5. The molecule has 0 aliphatic heterocycles. The van der Waals surface area contributed by atoms with Crippen molar-refractivity contribution in [2.24, 2.45) is 11.3 Å². The Morgan fingerprint density at radius 1 is 1.22 bits per heavy atom. The lowest BCUT2D eigenvalue weighted by atomic mass is 9.82. The van der Waals surface area contributed by atoms with Crippen molar-refractivity contribution in [3.8, 4) is 11.8 Å². The minimum Gasteiger partial charge on any atom is -0.492 e. The molecule has 3 unspecified atom stereocenters. The van der Waals surface area contributed by atoms with Crippen molar-refractivity contribution >= 4 is 22.1 Å². The van der Waals surface area contributed by atoms with Crippen molar-refractivity contribution in [1.29, 1.82) is 0 Å². The number of fused-ring (bicyclic) bond motifs is 5. The van der Waals surface area contributed by atoms with Crippen LogP contribution in [0.25, 0.3) is 0 Å². The molecule has 0 saturated carbocycles. The molecule has 2 N–H and O–H groups in total. The van der Waals surface area contributed by atoms with Crippen LogP contribution in [0.4, 0.5) is 0 Å². The normalized spacial score (nSPS) is 18.8. The van der Waals surface area contributed by atoms with Crippen LogP contribution in [0.5, 0.6) is 11.8 Å². The van der Waals surface area contributed by atoms with Gasteiger partial charge < -0.3 is 19.7 Å². The van der Waals surface area contributed by atoms with Gasteiger partial charge in [0.1, 0.15) is 0 Å². The number of hydrogen-bond donors (Lipinski definition) is 2. The van der Waals surface area contributed by atoms with Gasteiger partial charge in [-0.15, -0.1) is 4.89 Å². The summed E-state index contributed by atoms with van der Waals surface area (Å²) < 4.78 is 40.3. The van der Waals surface area contributed by atoms with Crippen LogP contribution in [-0.4, -0.2) is 54.5 Å². The first-order valence-electron chi connectivity index (χ1n) is 11.9. The quantitative estimate of drug-likeness (QED) is 0.0637. The number of esters is 1. The van der Waals surface area contributed by atoms with E-state index in [1.807, 2.05) is 12.2 Å². The van der Waals surface area contributed by atoms with E-state index in [0.29, 0.717) is 22.3 Å². The van der Waals surface area contributed by atoms with Gasteiger partial charge >= 0.3 is 22.1 Å². The first-order valence-corrected chi connectivity index (χ1v) is 13.5. The van der Waals surface area contributed by atoms with E-state index < -0.39 is 50.9 Å². The highest BCUT2D eigenvalue weighted by molar-refractivity contribution is 7.86. The lowest BCUT2D eigenvalue weighted by Crippen LogP contribution is -2.32. The molecule has 1 heterocycles. The summed E-state index contributed by atoms with van der Waals surface area (Å²) in [6, 6.07) is 0. The average molecular weight is 544 g/mol. The molecule has 0 saturated heterocycles. The van der Waals surface area contributed by atoms with Crippen LogP contribution in [0, 0.1) is 11.3 Å². The van der Waals surface area contributed by atoms with E-state index in [1.165, 1.54) is 0 Å². The molecular formula is C24H33NO11S. The average Bonchev–Trinajstić information content (AvgIpc) is 3.53. The zero-order valence-corrected chi connectivity index (χ0v) is 21.9. The van der Waals surface area contributed by atoms with E-state index in [2.05, 4.69) is 16.4 Å². The van der Waals surface area contributed by atoms with E-state index in [-0.39, 0.29) is 38.1 Å². The fraction of sp³-hybridized carbons (Fsp3) is 0.583. The molecule has 13 heteroatoms. The highest BCUT2D eigenvalue weighted by Gasteiger charge is 2.42. The summed E-state index contributed by atoms with van der Waals surface area (Å²) >= 11 is 0. The molecule has 2 bridgehead atoms. The third-order valence-corrected chi connectivity index (χ3v) is 7.62. The maximum absolute atomic E-state index is 12.5. The van der Waals surface area contributed by atoms with Crippen LogP contribution in [0.15, 0.2) is 25.0 Å². The van der Waals surface area contributed by atoms with Crippen molar-refractivity contribution in [2.75, 3.05) is 19.2 Å². The standard InChI is InChI=1S/C24H33NO11S/c1-5-15(13-24(3,4)23(29)35-34-14-32-6-2)22(28)33-10-7-11-37(30,31)36-25-20(26)18-16-8-9-17(12-16)19(18)21(25)27/h6,8-9,15-17,26-27H,2,5,7,10-14H2,1,3-4H3. The summed E-state index contributed by atoms with van der Waals surface area (Å²) in [4.78, 5) is 34.1. The highest BCUT2D eigenvalue weighted by atomic mass is 32.2. The largest absolute Gasteiger partial charge is 0.492 e. The third-order valence-electron chi connectivity index (χ3n) is 6.46. The van der Waals surface area contributed by atoms with Crippen molar-refractivity contribution in [2.45, 2.75) is 58.3 Å². The maximum atomic E-state index is 12.5. The van der Waals surface area contributed by atoms with E-state index in [4.69, 9.17) is 13.8 Å². The Morgan fingerprint density at radius 2 is 1.84 bits per heavy atom. The fourth-order valence-corrected chi connectivity index (χ4v) is 5.44. The number of ether oxygens (including phenoxy) is 2. The molecule has 37 heavy (non-hydrogen) atoms. The minimum atomic E-state index is -4.22. The zero-order valence-electron chi connectivity index (χ0n) is 21.0. The molecule has 3 rings (SSSR count). The molecule has 0 spiro atoms. The third kappa shape index (κ3) is 6.39. The van der Waals surface area contributed by atoms with Gasteiger partial charge in [-0.2, -0.15) is 8.42 Å². The summed E-state index contributed by atoms with van der Waals surface area (Å²) in [6.07, 6.45) is 6.07. The lowest BCUT2D eigenvalue weighted by Gasteiger charge is -2.25. The zero-order chi connectivity index (χ0) is 27.4. The van der Waals surface area contributed by atoms with Crippen LogP contribution < -0.4 is 4.28 Å². The molecule has 1 aromatic heterocycles. The van der Waals surface area contributed by atoms with Gasteiger partial charge in [-0.25, -0.2) is 4.79 Å². The Hall–Kier alpha value is -3.19. The van der Waals surface area contributed by atoms with E-state index in [9.17, 15) is 28.2 Å². The van der Waals surface area contributed by atoms with Crippen LogP contribution >= 0.6 is 0 Å². The molecule has 2 aliphatic rings. The number of nitrogens with zero attached hydrogens (tertiary/aromatic N) is 1. The monoisotopic (exact) mass is 543 g/mol. The Balaban J connectivity index is 1.46. The van der Waals surface area contributed by atoms with Gasteiger partial charge in [0.2, 0.25) is 18.6 Å². The highest BCUT2D eigenvalue weighted by Crippen LogP contribution is 2.56. The molecule has 2 aliphatic carbocycles. The van der Waals surface area contributed by atoms with E-state index in [0.717, 1.165) is 12.7 Å². The molecule has 0 amide bonds. The summed E-state index contributed by atoms with van der Waals surface area (Å²) in [7, 11) is -4.22.